The lowest BCUT2D eigenvalue weighted by molar-refractivity contribution is 0.292. The molecule has 0 spiro atoms. The van der Waals surface area contributed by atoms with Gasteiger partial charge >= 0.3 is 0 Å². The van der Waals surface area contributed by atoms with Gasteiger partial charge < -0.3 is 14.6 Å². The molecule has 0 amide bonds. The van der Waals surface area contributed by atoms with E-state index in [4.69, 9.17) is 4.74 Å². The Kier molecular flexibility index (Phi) is 4.25. The number of nitrogens with zero attached hydrogens (tertiary/aromatic N) is 2. The van der Waals surface area contributed by atoms with Gasteiger partial charge in [0.15, 0.2) is 0 Å². The summed E-state index contributed by atoms with van der Waals surface area (Å²) in [5, 5.41) is 3.55. The number of imidazole rings is 1. The highest BCUT2D eigenvalue weighted by Gasteiger charge is 2.24. The number of ether oxygens (including phenoxy) is 1. The van der Waals surface area contributed by atoms with Gasteiger partial charge in [-0.05, 0) is 43.5 Å². The zero-order valence-electron chi connectivity index (χ0n) is 12.8. The van der Waals surface area contributed by atoms with Gasteiger partial charge in [0.2, 0.25) is 0 Å². The summed E-state index contributed by atoms with van der Waals surface area (Å²) in [7, 11) is 0. The number of aryl methyl sites for hydroxylation is 1. The van der Waals surface area contributed by atoms with Crippen molar-refractivity contribution < 1.29 is 4.74 Å². The van der Waals surface area contributed by atoms with E-state index in [0.717, 1.165) is 37.4 Å². The van der Waals surface area contributed by atoms with Gasteiger partial charge in [-0.1, -0.05) is 19.1 Å². The van der Waals surface area contributed by atoms with Crippen LogP contribution in [0.2, 0.25) is 0 Å². The van der Waals surface area contributed by atoms with Crippen LogP contribution in [-0.2, 0) is 19.6 Å². The van der Waals surface area contributed by atoms with E-state index >= 15 is 0 Å². The van der Waals surface area contributed by atoms with Crippen LogP contribution in [0.25, 0.3) is 0 Å². The van der Waals surface area contributed by atoms with Gasteiger partial charge in [-0.15, -0.1) is 0 Å². The van der Waals surface area contributed by atoms with Gasteiger partial charge in [-0.25, -0.2) is 4.98 Å². The van der Waals surface area contributed by atoms with E-state index in [0.29, 0.717) is 12.6 Å². The molecule has 4 nitrogen and oxygen atoms in total. The lowest BCUT2D eigenvalue weighted by Gasteiger charge is -2.14. The van der Waals surface area contributed by atoms with Crippen LogP contribution in [0.1, 0.15) is 43.1 Å². The van der Waals surface area contributed by atoms with E-state index in [-0.39, 0.29) is 0 Å². The molecule has 1 atom stereocenters. The predicted molar refractivity (Wildman–Crippen MR) is 83.4 cm³/mol. The number of aromatic nitrogens is 2. The topological polar surface area (TPSA) is 39.1 Å². The molecule has 1 heterocycles. The number of hydrogen-bond donors (Lipinski definition) is 1. The predicted octanol–water partition coefficient (Wildman–Crippen LogP) is 3.08. The monoisotopic (exact) mass is 285 g/mol. The van der Waals surface area contributed by atoms with E-state index in [1.807, 2.05) is 12.5 Å². The molecule has 0 saturated heterocycles. The number of rotatable bonds is 6. The van der Waals surface area contributed by atoms with E-state index in [1.54, 1.807) is 0 Å². The molecule has 2 aromatic rings. The summed E-state index contributed by atoms with van der Waals surface area (Å²) in [6.07, 6.45) is 6.00. The highest BCUT2D eigenvalue weighted by Crippen LogP contribution is 2.37. The Morgan fingerprint density at radius 2 is 2.29 bits per heavy atom. The molecule has 1 unspecified atom stereocenters. The Labute approximate surface area is 126 Å². The van der Waals surface area contributed by atoms with Crippen molar-refractivity contribution in [3.05, 3.63) is 47.5 Å². The van der Waals surface area contributed by atoms with Crippen LogP contribution >= 0.6 is 0 Å². The number of hydrogen-bond acceptors (Lipinski definition) is 3. The highest BCUT2D eigenvalue weighted by atomic mass is 16.5. The molecular formula is C17H23N3O. The van der Waals surface area contributed by atoms with E-state index in [2.05, 4.69) is 46.9 Å². The minimum absolute atomic E-state index is 0.481. The molecule has 0 saturated carbocycles. The highest BCUT2D eigenvalue weighted by molar-refractivity contribution is 5.45. The Morgan fingerprint density at radius 1 is 1.38 bits per heavy atom. The molecule has 1 aromatic carbocycles. The maximum absolute atomic E-state index is 6.07. The summed E-state index contributed by atoms with van der Waals surface area (Å²) >= 11 is 0. The largest absolute Gasteiger partial charge is 0.487 e. The second-order valence-corrected chi connectivity index (χ2v) is 5.43. The second kappa shape index (κ2) is 6.31. The average molecular weight is 285 g/mol. The van der Waals surface area contributed by atoms with Gasteiger partial charge in [-0.2, -0.15) is 0 Å². The van der Waals surface area contributed by atoms with Crippen LogP contribution in [0.5, 0.6) is 5.75 Å². The van der Waals surface area contributed by atoms with Crippen molar-refractivity contribution in [1.82, 2.24) is 14.9 Å². The quantitative estimate of drug-likeness (QED) is 0.886. The standard InChI is InChI=1S/C17H23N3O/c1-3-19-16-9-8-15-14(16)6-5-7-17(15)21-11-13-10-18-12-20(13)4-2/h5-7,10,12,16,19H,3-4,8-9,11H2,1-2H3. The van der Waals surface area contributed by atoms with Crippen molar-refractivity contribution in [2.75, 3.05) is 6.54 Å². The maximum atomic E-state index is 6.07. The lowest BCUT2D eigenvalue weighted by Crippen LogP contribution is -2.18. The fourth-order valence-electron chi connectivity index (χ4n) is 3.12. The van der Waals surface area contributed by atoms with E-state index in [9.17, 15) is 0 Å². The molecule has 0 radical (unpaired) electrons. The molecule has 1 N–H and O–H groups in total. The van der Waals surface area contributed by atoms with Crippen LogP contribution in [0.15, 0.2) is 30.7 Å². The third-order valence-corrected chi connectivity index (χ3v) is 4.19. The van der Waals surface area contributed by atoms with Crippen molar-refractivity contribution in [2.45, 2.75) is 45.9 Å². The van der Waals surface area contributed by atoms with Gasteiger partial charge in [-0.3, -0.25) is 0 Å². The van der Waals surface area contributed by atoms with Crippen molar-refractivity contribution in [2.24, 2.45) is 0 Å². The van der Waals surface area contributed by atoms with Gasteiger partial charge in [0, 0.05) is 12.6 Å². The third-order valence-electron chi connectivity index (χ3n) is 4.19. The SMILES string of the molecule is CCNC1CCc2c(OCc3cncn3CC)cccc21. The molecule has 1 aliphatic rings. The molecule has 112 valence electrons. The summed E-state index contributed by atoms with van der Waals surface area (Å²) in [6.45, 7) is 6.78. The Bertz CT molecular complexity index is 606. The summed E-state index contributed by atoms with van der Waals surface area (Å²) in [6, 6.07) is 6.88. The first-order chi connectivity index (χ1) is 10.3. The second-order valence-electron chi connectivity index (χ2n) is 5.43. The first kappa shape index (κ1) is 14.1. The van der Waals surface area contributed by atoms with Crippen molar-refractivity contribution in [3.63, 3.8) is 0 Å². The summed E-state index contributed by atoms with van der Waals surface area (Å²) in [5.74, 6) is 1.02. The van der Waals surface area contributed by atoms with Gasteiger partial charge in [0.05, 0.1) is 18.2 Å². The van der Waals surface area contributed by atoms with Gasteiger partial charge in [0.1, 0.15) is 12.4 Å². The first-order valence-corrected chi connectivity index (χ1v) is 7.80. The minimum atomic E-state index is 0.481. The Balaban J connectivity index is 1.75. The molecule has 1 aliphatic carbocycles. The number of benzene rings is 1. The van der Waals surface area contributed by atoms with Crippen LogP contribution in [-0.4, -0.2) is 16.1 Å². The minimum Gasteiger partial charge on any atom is -0.487 e. The lowest BCUT2D eigenvalue weighted by atomic mass is 10.1. The Hall–Kier alpha value is -1.81. The molecule has 3 rings (SSSR count). The molecule has 0 bridgehead atoms. The Morgan fingerprint density at radius 3 is 3.10 bits per heavy atom. The fourth-order valence-corrected chi connectivity index (χ4v) is 3.12. The normalized spacial score (nSPS) is 17.0. The number of fused-ring (bicyclic) bond motifs is 1. The first-order valence-electron chi connectivity index (χ1n) is 7.80. The van der Waals surface area contributed by atoms with E-state index < -0.39 is 0 Å². The summed E-state index contributed by atoms with van der Waals surface area (Å²) < 4.78 is 8.19. The maximum Gasteiger partial charge on any atom is 0.130 e. The number of nitrogens with one attached hydrogen (secondary N) is 1. The summed E-state index contributed by atoms with van der Waals surface area (Å²) in [5.41, 5.74) is 3.89. The van der Waals surface area contributed by atoms with E-state index in [1.165, 1.54) is 11.1 Å². The van der Waals surface area contributed by atoms with Crippen molar-refractivity contribution in [1.29, 1.82) is 0 Å². The average Bonchev–Trinajstić information content (AvgIpc) is 3.12. The summed E-state index contributed by atoms with van der Waals surface area (Å²) in [4.78, 5) is 4.19. The van der Waals surface area contributed by atoms with Crippen molar-refractivity contribution >= 4 is 0 Å². The molecular weight excluding hydrogens is 262 g/mol. The van der Waals surface area contributed by atoms with Crippen LogP contribution in [0.4, 0.5) is 0 Å². The molecule has 0 aliphatic heterocycles. The molecule has 4 heteroatoms. The smallest absolute Gasteiger partial charge is 0.130 e. The fraction of sp³-hybridized carbons (Fsp3) is 0.471. The van der Waals surface area contributed by atoms with Crippen LogP contribution < -0.4 is 10.1 Å². The van der Waals surface area contributed by atoms with Crippen molar-refractivity contribution in [3.8, 4) is 5.75 Å². The van der Waals surface area contributed by atoms with Crippen LogP contribution in [0.3, 0.4) is 0 Å². The zero-order chi connectivity index (χ0) is 14.7. The molecule has 0 fully saturated rings. The van der Waals surface area contributed by atoms with Crippen LogP contribution in [0, 0.1) is 0 Å². The molecule has 21 heavy (non-hydrogen) atoms. The zero-order valence-corrected chi connectivity index (χ0v) is 12.8. The van der Waals surface area contributed by atoms with Gasteiger partial charge in [0.25, 0.3) is 0 Å². The third kappa shape index (κ3) is 2.81. The molecule has 1 aromatic heterocycles.